The molecular weight excluding hydrogens is 387 g/mol. The standard InChI is InChI=1S/C22H15FN4O3/c23-17-5-3-4-14(12-17)13-24-25-20(29)15-8-10-16(11-9-15)21-26-27-22(30-21)18-6-1-2-7-19(18)28/h1-13,28H,(H,25,29)/b24-13+. The number of carbonyl (C=O) groups excluding carboxylic acids is 1. The van der Waals surface area contributed by atoms with Crippen LogP contribution < -0.4 is 5.43 Å². The Bertz CT molecular complexity index is 1220. The minimum Gasteiger partial charge on any atom is -0.507 e. The molecule has 0 fully saturated rings. The van der Waals surface area contributed by atoms with E-state index in [0.29, 0.717) is 22.3 Å². The van der Waals surface area contributed by atoms with Crippen molar-refractivity contribution in [1.29, 1.82) is 0 Å². The van der Waals surface area contributed by atoms with E-state index in [4.69, 9.17) is 4.42 Å². The molecule has 3 aromatic carbocycles. The molecule has 0 saturated carbocycles. The van der Waals surface area contributed by atoms with Crippen LogP contribution >= 0.6 is 0 Å². The van der Waals surface area contributed by atoms with Gasteiger partial charge >= 0.3 is 0 Å². The summed E-state index contributed by atoms with van der Waals surface area (Å²) in [5, 5.41) is 21.7. The number of nitrogens with zero attached hydrogens (tertiary/aromatic N) is 3. The number of carbonyl (C=O) groups is 1. The Morgan fingerprint density at radius 1 is 1.00 bits per heavy atom. The number of hydrogen-bond donors (Lipinski definition) is 2. The summed E-state index contributed by atoms with van der Waals surface area (Å²) in [6.07, 6.45) is 1.36. The van der Waals surface area contributed by atoms with E-state index < -0.39 is 5.91 Å². The first-order valence-corrected chi connectivity index (χ1v) is 8.91. The van der Waals surface area contributed by atoms with Gasteiger partial charge in [0.25, 0.3) is 11.8 Å². The molecule has 0 radical (unpaired) electrons. The third-order valence-electron chi connectivity index (χ3n) is 4.18. The van der Waals surface area contributed by atoms with E-state index in [2.05, 4.69) is 20.7 Å². The van der Waals surface area contributed by atoms with Crippen LogP contribution in [-0.4, -0.2) is 27.4 Å². The van der Waals surface area contributed by atoms with E-state index in [1.165, 1.54) is 24.4 Å². The Morgan fingerprint density at radius 3 is 2.53 bits per heavy atom. The highest BCUT2D eigenvalue weighted by Crippen LogP contribution is 2.29. The third kappa shape index (κ3) is 4.22. The fourth-order valence-electron chi connectivity index (χ4n) is 2.68. The lowest BCUT2D eigenvalue weighted by molar-refractivity contribution is 0.0955. The molecule has 4 aromatic rings. The van der Waals surface area contributed by atoms with Gasteiger partial charge in [0.05, 0.1) is 11.8 Å². The van der Waals surface area contributed by atoms with Crippen LogP contribution in [0, 0.1) is 5.82 Å². The number of amides is 1. The van der Waals surface area contributed by atoms with Gasteiger partial charge in [0.1, 0.15) is 11.6 Å². The lowest BCUT2D eigenvalue weighted by Crippen LogP contribution is -2.17. The van der Waals surface area contributed by atoms with Crippen LogP contribution in [0.15, 0.2) is 82.3 Å². The Labute approximate surface area is 170 Å². The molecule has 0 aliphatic heterocycles. The minimum atomic E-state index is -0.422. The van der Waals surface area contributed by atoms with Gasteiger partial charge < -0.3 is 9.52 Å². The Kier molecular flexibility index (Phi) is 5.29. The van der Waals surface area contributed by atoms with Gasteiger partial charge in [-0.2, -0.15) is 5.10 Å². The molecule has 7 nitrogen and oxygen atoms in total. The number of aromatic hydroxyl groups is 1. The SMILES string of the molecule is O=C(N/N=C/c1cccc(F)c1)c1ccc(-c2nnc(-c3ccccc3O)o2)cc1. The van der Waals surface area contributed by atoms with Gasteiger partial charge in [-0.1, -0.05) is 24.3 Å². The molecule has 30 heavy (non-hydrogen) atoms. The molecule has 1 amide bonds. The fraction of sp³-hybridized carbons (Fsp3) is 0. The molecule has 0 spiro atoms. The first-order valence-electron chi connectivity index (χ1n) is 8.91. The lowest BCUT2D eigenvalue weighted by Gasteiger charge is -2.01. The van der Waals surface area contributed by atoms with Crippen LogP contribution in [0.25, 0.3) is 22.9 Å². The van der Waals surface area contributed by atoms with Crippen molar-refractivity contribution in [2.45, 2.75) is 0 Å². The summed E-state index contributed by atoms with van der Waals surface area (Å²) >= 11 is 0. The largest absolute Gasteiger partial charge is 0.507 e. The molecule has 0 bridgehead atoms. The van der Waals surface area contributed by atoms with Gasteiger partial charge in [-0.05, 0) is 54.1 Å². The molecule has 1 heterocycles. The van der Waals surface area contributed by atoms with Crippen molar-refractivity contribution in [3.05, 3.63) is 89.7 Å². The van der Waals surface area contributed by atoms with Gasteiger partial charge in [-0.3, -0.25) is 4.79 Å². The number of para-hydroxylation sites is 1. The van der Waals surface area contributed by atoms with Crippen LogP contribution in [0.5, 0.6) is 5.75 Å². The number of phenols is 1. The highest BCUT2D eigenvalue weighted by atomic mass is 19.1. The average molecular weight is 402 g/mol. The van der Waals surface area contributed by atoms with Crippen molar-refractivity contribution in [2.75, 3.05) is 0 Å². The van der Waals surface area contributed by atoms with Crippen LogP contribution in [0.4, 0.5) is 4.39 Å². The van der Waals surface area contributed by atoms with Gasteiger partial charge in [-0.15, -0.1) is 10.2 Å². The Morgan fingerprint density at radius 2 is 1.77 bits per heavy atom. The number of hydrazone groups is 1. The normalized spacial score (nSPS) is 11.0. The van der Waals surface area contributed by atoms with Crippen LogP contribution in [0.2, 0.25) is 0 Å². The molecule has 8 heteroatoms. The smallest absolute Gasteiger partial charge is 0.271 e. The molecule has 4 rings (SSSR count). The molecule has 1 aromatic heterocycles. The first-order chi connectivity index (χ1) is 14.6. The zero-order valence-corrected chi connectivity index (χ0v) is 15.5. The summed E-state index contributed by atoms with van der Waals surface area (Å²) in [5.74, 6) is -0.318. The van der Waals surface area contributed by atoms with Crippen molar-refractivity contribution >= 4 is 12.1 Å². The van der Waals surface area contributed by atoms with Crippen LogP contribution in [0.3, 0.4) is 0 Å². The van der Waals surface area contributed by atoms with Crippen molar-refractivity contribution in [3.8, 4) is 28.7 Å². The fourth-order valence-corrected chi connectivity index (χ4v) is 2.68. The van der Waals surface area contributed by atoms with E-state index in [0.717, 1.165) is 0 Å². The molecule has 148 valence electrons. The van der Waals surface area contributed by atoms with E-state index in [1.54, 1.807) is 54.6 Å². The van der Waals surface area contributed by atoms with Crippen LogP contribution in [-0.2, 0) is 0 Å². The Balaban J connectivity index is 1.44. The van der Waals surface area contributed by atoms with Gasteiger partial charge in [0, 0.05) is 11.1 Å². The predicted octanol–water partition coefficient (Wildman–Crippen LogP) is 4.01. The second-order valence-corrected chi connectivity index (χ2v) is 6.26. The number of benzene rings is 3. The maximum Gasteiger partial charge on any atom is 0.271 e. The number of hydrogen-bond acceptors (Lipinski definition) is 6. The maximum absolute atomic E-state index is 13.1. The number of phenolic OH excluding ortho intramolecular Hbond substituents is 1. The third-order valence-corrected chi connectivity index (χ3v) is 4.18. The zero-order valence-electron chi connectivity index (χ0n) is 15.5. The van der Waals surface area contributed by atoms with Crippen molar-refractivity contribution < 1.29 is 18.7 Å². The van der Waals surface area contributed by atoms with Gasteiger partial charge in [0.15, 0.2) is 0 Å². The summed E-state index contributed by atoms with van der Waals surface area (Å²) < 4.78 is 18.8. The number of aromatic nitrogens is 2. The predicted molar refractivity (Wildman–Crippen MR) is 108 cm³/mol. The highest BCUT2D eigenvalue weighted by Gasteiger charge is 2.14. The number of halogens is 1. The molecule has 0 aliphatic carbocycles. The van der Waals surface area contributed by atoms with Gasteiger partial charge in [0.2, 0.25) is 5.89 Å². The maximum atomic E-state index is 13.1. The minimum absolute atomic E-state index is 0.0403. The summed E-state index contributed by atoms with van der Waals surface area (Å²) in [7, 11) is 0. The van der Waals surface area contributed by atoms with E-state index in [-0.39, 0.29) is 23.3 Å². The van der Waals surface area contributed by atoms with E-state index in [1.807, 2.05) is 0 Å². The molecule has 0 atom stereocenters. The second kappa shape index (κ2) is 8.36. The first kappa shape index (κ1) is 19.0. The van der Waals surface area contributed by atoms with Crippen LogP contribution in [0.1, 0.15) is 15.9 Å². The quantitative estimate of drug-likeness (QED) is 0.388. The topological polar surface area (TPSA) is 101 Å². The monoisotopic (exact) mass is 402 g/mol. The van der Waals surface area contributed by atoms with Crippen molar-refractivity contribution in [1.82, 2.24) is 15.6 Å². The molecule has 0 aliphatic rings. The molecule has 0 saturated heterocycles. The molecular formula is C22H15FN4O3. The van der Waals surface area contributed by atoms with E-state index >= 15 is 0 Å². The molecule has 2 N–H and O–H groups in total. The lowest BCUT2D eigenvalue weighted by atomic mass is 10.1. The second-order valence-electron chi connectivity index (χ2n) is 6.26. The summed E-state index contributed by atoms with van der Waals surface area (Å²) in [4.78, 5) is 12.2. The van der Waals surface area contributed by atoms with E-state index in [9.17, 15) is 14.3 Å². The average Bonchev–Trinajstić information content (AvgIpc) is 3.24. The van der Waals surface area contributed by atoms with Crippen molar-refractivity contribution in [2.24, 2.45) is 5.10 Å². The summed E-state index contributed by atoms with van der Waals surface area (Å²) in [5.41, 5.74) is 4.34. The van der Waals surface area contributed by atoms with Gasteiger partial charge in [-0.25, -0.2) is 9.82 Å². The van der Waals surface area contributed by atoms with Crippen molar-refractivity contribution in [3.63, 3.8) is 0 Å². The Hall–Kier alpha value is -4.33. The zero-order chi connectivity index (χ0) is 20.9. The summed E-state index contributed by atoms with van der Waals surface area (Å²) in [6.45, 7) is 0. The highest BCUT2D eigenvalue weighted by molar-refractivity contribution is 5.95. The summed E-state index contributed by atoms with van der Waals surface area (Å²) in [6, 6.07) is 19.0. The number of nitrogens with one attached hydrogen (secondary N) is 1. The number of rotatable bonds is 5. The molecule has 0 unspecified atom stereocenters.